The Morgan fingerprint density at radius 1 is 0.588 bits per heavy atom. The zero-order valence-corrected chi connectivity index (χ0v) is 10.1. The Morgan fingerprint density at radius 3 is 1.76 bits per heavy atom. The van der Waals surface area contributed by atoms with E-state index >= 15 is 0 Å². The molecule has 0 nitrogen and oxygen atoms in total. The number of allylic oxidation sites excluding steroid dienone is 14. The minimum Gasteiger partial charge on any atom is -0.0845 e. The topological polar surface area (TPSA) is 0 Å². The van der Waals surface area contributed by atoms with Crippen molar-refractivity contribution >= 4 is 0 Å². The van der Waals surface area contributed by atoms with Gasteiger partial charge in [0.15, 0.2) is 0 Å². The van der Waals surface area contributed by atoms with E-state index < -0.39 is 0 Å². The van der Waals surface area contributed by atoms with Crippen LogP contribution in [0.2, 0.25) is 0 Å². The van der Waals surface area contributed by atoms with Crippen LogP contribution in [0.4, 0.5) is 0 Å². The first-order chi connectivity index (χ1) is 8.50. The van der Waals surface area contributed by atoms with Crippen molar-refractivity contribution in [1.82, 2.24) is 0 Å². The molecule has 1 aliphatic rings. The van der Waals surface area contributed by atoms with Crippen LogP contribution in [0.3, 0.4) is 0 Å². The minimum atomic E-state index is 1.02. The molecule has 0 amide bonds. The van der Waals surface area contributed by atoms with Crippen LogP contribution >= 0.6 is 0 Å². The number of hydrogen-bond donors (Lipinski definition) is 0. The summed E-state index contributed by atoms with van der Waals surface area (Å²) in [4.78, 5) is 0. The highest BCUT2D eigenvalue weighted by Crippen LogP contribution is 1.98. The second kappa shape index (κ2) is 10.7. The van der Waals surface area contributed by atoms with Gasteiger partial charge in [-0.25, -0.2) is 0 Å². The summed E-state index contributed by atoms with van der Waals surface area (Å²) in [5.41, 5.74) is 0. The zero-order valence-electron chi connectivity index (χ0n) is 10.1. The highest BCUT2D eigenvalue weighted by molar-refractivity contribution is 5.20. The predicted octanol–water partition coefficient (Wildman–Crippen LogP) is 4.87. The molecule has 0 aliphatic heterocycles. The van der Waals surface area contributed by atoms with Crippen molar-refractivity contribution in [2.45, 2.75) is 19.3 Å². The lowest BCUT2D eigenvalue weighted by atomic mass is 10.2. The van der Waals surface area contributed by atoms with Crippen LogP contribution in [0, 0.1) is 6.08 Å². The Bertz CT molecular complexity index is 335. The molecule has 0 unspecified atom stereocenters. The van der Waals surface area contributed by atoms with Crippen LogP contribution in [0.5, 0.6) is 0 Å². The summed E-state index contributed by atoms with van der Waals surface area (Å²) >= 11 is 0. The third-order valence-electron chi connectivity index (χ3n) is 2.15. The fourth-order valence-corrected chi connectivity index (χ4v) is 1.28. The molecule has 1 aliphatic carbocycles. The van der Waals surface area contributed by atoms with Crippen LogP contribution in [0.1, 0.15) is 19.3 Å². The predicted molar refractivity (Wildman–Crippen MR) is 76.5 cm³/mol. The van der Waals surface area contributed by atoms with Crippen molar-refractivity contribution < 1.29 is 0 Å². The Balaban J connectivity index is 2.54. The van der Waals surface area contributed by atoms with Crippen LogP contribution in [0.25, 0.3) is 0 Å². The Morgan fingerprint density at radius 2 is 1.12 bits per heavy atom. The summed E-state index contributed by atoms with van der Waals surface area (Å²) in [5.74, 6) is 0. The maximum Gasteiger partial charge on any atom is -0.0273 e. The molecule has 17 heavy (non-hydrogen) atoms. The largest absolute Gasteiger partial charge is 0.0845 e. The Hall–Kier alpha value is -1.82. The van der Waals surface area contributed by atoms with Gasteiger partial charge in [0.25, 0.3) is 0 Å². The Kier molecular flexibility index (Phi) is 8.33. The summed E-state index contributed by atoms with van der Waals surface area (Å²) in [6.07, 6.45) is 33.0. The van der Waals surface area contributed by atoms with Gasteiger partial charge in [-0.3, -0.25) is 0 Å². The van der Waals surface area contributed by atoms with E-state index in [4.69, 9.17) is 0 Å². The third kappa shape index (κ3) is 9.13. The molecule has 1 radical (unpaired) electrons. The Labute approximate surface area is 105 Å². The standard InChI is InChI=1S/C17H19/c1-2-4-6-8-10-12-14-16-17-15-13-11-9-7-5-3-1/h1-13H,14,16-17H2/b3-1-,4-2+,7-5+,8-6+,11-9+,12-10+,15-13?. The molecular weight excluding hydrogens is 204 g/mol. The van der Waals surface area contributed by atoms with Crippen molar-refractivity contribution in [2.24, 2.45) is 0 Å². The van der Waals surface area contributed by atoms with Crippen LogP contribution in [-0.2, 0) is 0 Å². The van der Waals surface area contributed by atoms with E-state index in [0.29, 0.717) is 0 Å². The fraction of sp³-hybridized carbons (Fsp3) is 0.176. The van der Waals surface area contributed by atoms with Gasteiger partial charge in [0.05, 0.1) is 0 Å². The lowest BCUT2D eigenvalue weighted by molar-refractivity contribution is 0.855. The summed E-state index contributed by atoms with van der Waals surface area (Å²) in [7, 11) is 0. The van der Waals surface area contributed by atoms with Crippen molar-refractivity contribution in [2.75, 3.05) is 0 Å². The van der Waals surface area contributed by atoms with Gasteiger partial charge in [-0.05, 0) is 25.3 Å². The van der Waals surface area contributed by atoms with E-state index in [1.54, 1.807) is 0 Å². The van der Waals surface area contributed by atoms with Gasteiger partial charge in [0.1, 0.15) is 0 Å². The van der Waals surface area contributed by atoms with Gasteiger partial charge in [-0.15, -0.1) is 0 Å². The second-order valence-electron chi connectivity index (χ2n) is 3.62. The molecule has 0 N–H and O–H groups in total. The smallest absolute Gasteiger partial charge is 0.0273 e. The first kappa shape index (κ1) is 13.2. The van der Waals surface area contributed by atoms with Crippen molar-refractivity contribution in [3.63, 3.8) is 0 Å². The summed E-state index contributed by atoms with van der Waals surface area (Å²) < 4.78 is 0. The van der Waals surface area contributed by atoms with Gasteiger partial charge in [-0.2, -0.15) is 0 Å². The van der Waals surface area contributed by atoms with Crippen molar-refractivity contribution in [3.05, 3.63) is 85.1 Å². The molecular formula is C17H19. The quantitative estimate of drug-likeness (QED) is 0.549. The second-order valence-corrected chi connectivity index (χ2v) is 3.62. The molecule has 0 aromatic rings. The molecule has 87 valence electrons. The summed E-state index contributed by atoms with van der Waals surface area (Å²) in [5, 5.41) is 0. The van der Waals surface area contributed by atoms with Gasteiger partial charge < -0.3 is 0 Å². The molecule has 0 fully saturated rings. The molecule has 0 bridgehead atoms. The molecule has 1 rings (SSSR count). The van der Waals surface area contributed by atoms with Crippen molar-refractivity contribution in [1.29, 1.82) is 0 Å². The average Bonchev–Trinajstić information content (AvgIpc) is 2.35. The zero-order chi connectivity index (χ0) is 12.0. The first-order valence-corrected chi connectivity index (χ1v) is 6.05. The highest BCUT2D eigenvalue weighted by Gasteiger charge is 1.79. The normalized spacial score (nSPS) is 30.6. The fourth-order valence-electron chi connectivity index (χ4n) is 1.28. The van der Waals surface area contributed by atoms with Gasteiger partial charge in [0.2, 0.25) is 0 Å². The molecule has 0 heteroatoms. The molecule has 0 atom stereocenters. The van der Waals surface area contributed by atoms with E-state index in [0.717, 1.165) is 19.3 Å². The van der Waals surface area contributed by atoms with Crippen LogP contribution in [-0.4, -0.2) is 0 Å². The van der Waals surface area contributed by atoms with E-state index in [1.165, 1.54) is 0 Å². The SMILES string of the molecule is [C]1=C/C=C/C=C/C=C\C=C\C=C\C=C\CCC\1. The monoisotopic (exact) mass is 223 g/mol. The maximum absolute atomic E-state index is 3.25. The average molecular weight is 223 g/mol. The molecule has 0 saturated carbocycles. The molecule has 0 aromatic carbocycles. The third-order valence-corrected chi connectivity index (χ3v) is 2.15. The molecule has 0 heterocycles. The maximum atomic E-state index is 3.25. The lowest BCUT2D eigenvalue weighted by Crippen LogP contribution is -1.68. The van der Waals surface area contributed by atoms with E-state index in [1.807, 2.05) is 60.8 Å². The number of rotatable bonds is 0. The first-order valence-electron chi connectivity index (χ1n) is 6.05. The van der Waals surface area contributed by atoms with E-state index in [2.05, 4.69) is 24.3 Å². The van der Waals surface area contributed by atoms with Crippen LogP contribution in [0.15, 0.2) is 79.0 Å². The van der Waals surface area contributed by atoms with Gasteiger partial charge >= 0.3 is 0 Å². The molecule has 0 saturated heterocycles. The lowest BCUT2D eigenvalue weighted by Gasteiger charge is -1.87. The molecule has 0 spiro atoms. The highest BCUT2D eigenvalue weighted by atomic mass is 13.8. The number of hydrogen-bond acceptors (Lipinski definition) is 0. The van der Waals surface area contributed by atoms with E-state index in [9.17, 15) is 0 Å². The van der Waals surface area contributed by atoms with Gasteiger partial charge in [-0.1, -0.05) is 79.0 Å². The van der Waals surface area contributed by atoms with Crippen LogP contribution < -0.4 is 0 Å². The minimum absolute atomic E-state index is 1.02. The summed E-state index contributed by atoms with van der Waals surface area (Å²) in [6, 6.07) is 0. The van der Waals surface area contributed by atoms with Gasteiger partial charge in [0, 0.05) is 0 Å². The van der Waals surface area contributed by atoms with Crippen molar-refractivity contribution in [3.8, 4) is 0 Å². The van der Waals surface area contributed by atoms with E-state index in [-0.39, 0.29) is 0 Å². The summed E-state index contributed by atoms with van der Waals surface area (Å²) in [6.45, 7) is 0. The molecule has 0 aromatic heterocycles.